The maximum absolute atomic E-state index is 13.4. The zero-order chi connectivity index (χ0) is 25.7. The summed E-state index contributed by atoms with van der Waals surface area (Å²) in [5, 5.41) is 11.7. The Morgan fingerprint density at radius 1 is 0.917 bits per heavy atom. The Bertz CT molecular complexity index is 1260. The third-order valence-electron chi connectivity index (χ3n) is 6.39. The lowest BCUT2D eigenvalue weighted by molar-refractivity contribution is 0.0606. The molecule has 3 N–H and O–H groups in total. The first-order valence-corrected chi connectivity index (χ1v) is 11.8. The highest BCUT2D eigenvalue weighted by atomic mass is 19.1. The summed E-state index contributed by atoms with van der Waals surface area (Å²) < 4.78 is 26.9. The molecule has 36 heavy (non-hydrogen) atoms. The number of anilines is 1. The van der Waals surface area contributed by atoms with Crippen LogP contribution in [-0.4, -0.2) is 28.8 Å². The number of nitrogens with two attached hydrogens (primary N) is 1. The molecular formula is C28H26F2N4O2. The second-order valence-electron chi connectivity index (χ2n) is 9.00. The Morgan fingerprint density at radius 3 is 2.11 bits per heavy atom. The van der Waals surface area contributed by atoms with Crippen molar-refractivity contribution in [2.24, 2.45) is 5.73 Å². The van der Waals surface area contributed by atoms with Crippen molar-refractivity contribution in [1.82, 2.24) is 4.90 Å². The van der Waals surface area contributed by atoms with Crippen LogP contribution in [0.25, 0.3) is 0 Å². The topological polar surface area (TPSA) is 99.2 Å². The fourth-order valence-electron chi connectivity index (χ4n) is 4.41. The molecule has 3 aromatic carbocycles. The van der Waals surface area contributed by atoms with Crippen LogP contribution < -0.4 is 11.1 Å². The van der Waals surface area contributed by atoms with Gasteiger partial charge in [0.2, 0.25) is 0 Å². The molecule has 184 valence electrons. The summed E-state index contributed by atoms with van der Waals surface area (Å²) in [6, 6.07) is 18.4. The number of carbonyl (C=O) groups excluding carboxylic acids is 2. The highest BCUT2D eigenvalue weighted by Crippen LogP contribution is 2.26. The molecule has 0 unspecified atom stereocenters. The largest absolute Gasteiger partial charge is 0.331 e. The minimum absolute atomic E-state index is 0.0372. The number of benzene rings is 3. The minimum atomic E-state index is -0.828. The summed E-state index contributed by atoms with van der Waals surface area (Å²) in [5.41, 5.74) is 8.27. The molecule has 0 radical (unpaired) electrons. The molecule has 1 aliphatic rings. The quantitative estimate of drug-likeness (QED) is 0.510. The Labute approximate surface area is 208 Å². The first-order valence-electron chi connectivity index (χ1n) is 11.8. The summed E-state index contributed by atoms with van der Waals surface area (Å²) >= 11 is 0. The zero-order valence-electron chi connectivity index (χ0n) is 19.6. The van der Waals surface area contributed by atoms with Gasteiger partial charge in [-0.2, -0.15) is 5.26 Å². The van der Waals surface area contributed by atoms with Gasteiger partial charge in [0.25, 0.3) is 11.8 Å². The number of nitrogens with zero attached hydrogens (tertiary/aromatic N) is 2. The van der Waals surface area contributed by atoms with Crippen LogP contribution >= 0.6 is 0 Å². The molecule has 0 saturated heterocycles. The molecule has 2 amide bonds. The molecule has 8 heteroatoms. The first-order chi connectivity index (χ1) is 17.3. The number of carbonyl (C=O) groups is 2. The van der Waals surface area contributed by atoms with Crippen LogP contribution in [0.3, 0.4) is 0 Å². The van der Waals surface area contributed by atoms with E-state index < -0.39 is 17.5 Å². The van der Waals surface area contributed by atoms with Crippen molar-refractivity contribution in [1.29, 1.82) is 5.26 Å². The van der Waals surface area contributed by atoms with Crippen LogP contribution in [0.15, 0.2) is 66.7 Å². The summed E-state index contributed by atoms with van der Waals surface area (Å²) in [4.78, 5) is 27.7. The summed E-state index contributed by atoms with van der Waals surface area (Å²) in [7, 11) is 0. The molecule has 1 saturated carbocycles. The zero-order valence-corrected chi connectivity index (χ0v) is 19.6. The first kappa shape index (κ1) is 25.0. The van der Waals surface area contributed by atoms with Crippen LogP contribution in [0.1, 0.15) is 57.5 Å². The lowest BCUT2D eigenvalue weighted by Gasteiger charge is -2.36. The van der Waals surface area contributed by atoms with Gasteiger partial charge in [-0.15, -0.1) is 0 Å². The lowest BCUT2D eigenvalue weighted by atomic mass is 9.90. The molecule has 4 rings (SSSR count). The number of hydrogen-bond donors (Lipinski definition) is 2. The van der Waals surface area contributed by atoms with Crippen LogP contribution in [0.4, 0.5) is 14.5 Å². The van der Waals surface area contributed by atoms with Crippen molar-refractivity contribution in [2.45, 2.75) is 44.3 Å². The van der Waals surface area contributed by atoms with Crippen molar-refractivity contribution < 1.29 is 18.4 Å². The van der Waals surface area contributed by atoms with E-state index in [2.05, 4.69) is 11.4 Å². The number of rotatable bonds is 6. The average molecular weight is 489 g/mol. The summed E-state index contributed by atoms with van der Waals surface area (Å²) in [5.74, 6) is -2.40. The predicted octanol–water partition coefficient (Wildman–Crippen LogP) is 5.00. The number of halogens is 2. The van der Waals surface area contributed by atoms with Gasteiger partial charge in [-0.1, -0.05) is 12.1 Å². The molecule has 1 fully saturated rings. The van der Waals surface area contributed by atoms with E-state index in [1.807, 2.05) is 4.90 Å². The van der Waals surface area contributed by atoms with Gasteiger partial charge in [0.05, 0.1) is 11.6 Å². The molecule has 0 aliphatic heterocycles. The van der Waals surface area contributed by atoms with E-state index in [1.54, 1.807) is 48.5 Å². The molecule has 3 aromatic rings. The van der Waals surface area contributed by atoms with Gasteiger partial charge in [-0.05, 0) is 79.8 Å². The van der Waals surface area contributed by atoms with Crippen LogP contribution in [-0.2, 0) is 6.54 Å². The molecular weight excluding hydrogens is 462 g/mol. The van der Waals surface area contributed by atoms with Crippen molar-refractivity contribution in [3.05, 3.63) is 101 Å². The van der Waals surface area contributed by atoms with E-state index in [1.165, 1.54) is 0 Å². The van der Waals surface area contributed by atoms with E-state index >= 15 is 0 Å². The number of hydrogen-bond acceptors (Lipinski definition) is 4. The Morgan fingerprint density at radius 2 is 1.53 bits per heavy atom. The van der Waals surface area contributed by atoms with Gasteiger partial charge >= 0.3 is 0 Å². The molecule has 6 nitrogen and oxygen atoms in total. The van der Waals surface area contributed by atoms with Crippen LogP contribution in [0.2, 0.25) is 0 Å². The second-order valence-corrected chi connectivity index (χ2v) is 9.00. The average Bonchev–Trinajstić information content (AvgIpc) is 2.88. The van der Waals surface area contributed by atoms with Gasteiger partial charge < -0.3 is 16.0 Å². The molecule has 0 heterocycles. The predicted molar refractivity (Wildman–Crippen MR) is 132 cm³/mol. The molecule has 0 atom stereocenters. The van der Waals surface area contributed by atoms with Gasteiger partial charge in [-0.3, -0.25) is 9.59 Å². The van der Waals surface area contributed by atoms with Gasteiger partial charge in [0.15, 0.2) is 0 Å². The van der Waals surface area contributed by atoms with E-state index in [0.29, 0.717) is 29.4 Å². The van der Waals surface area contributed by atoms with Crippen LogP contribution in [0.5, 0.6) is 0 Å². The molecule has 0 bridgehead atoms. The van der Waals surface area contributed by atoms with E-state index in [9.17, 15) is 18.4 Å². The van der Waals surface area contributed by atoms with Crippen LogP contribution in [0, 0.1) is 23.0 Å². The highest BCUT2D eigenvalue weighted by molar-refractivity contribution is 6.04. The standard InChI is InChI=1S/C28H26F2N4O2/c29-22-13-21(14-23(30)15-22)27(35)33-25-9-3-19(4-10-25)17-34(26-11-7-24(32)8-12-26)28(36)20-5-1-18(16-31)2-6-20/h1-6,9-10,13-15,24,26H,7-8,11-12,17,32H2,(H,33,35). The van der Waals surface area contributed by atoms with Crippen molar-refractivity contribution in [3.8, 4) is 6.07 Å². The van der Waals surface area contributed by atoms with E-state index in [-0.39, 0.29) is 23.6 Å². The fraction of sp³-hybridized carbons (Fsp3) is 0.250. The normalized spacial score (nSPS) is 17.2. The maximum Gasteiger partial charge on any atom is 0.255 e. The second kappa shape index (κ2) is 11.1. The molecule has 0 spiro atoms. The third-order valence-corrected chi connectivity index (χ3v) is 6.39. The van der Waals surface area contributed by atoms with Gasteiger partial charge in [0, 0.05) is 41.5 Å². The van der Waals surface area contributed by atoms with Gasteiger partial charge in [0.1, 0.15) is 11.6 Å². The van der Waals surface area contributed by atoms with Gasteiger partial charge in [-0.25, -0.2) is 8.78 Å². The SMILES string of the molecule is N#Cc1ccc(C(=O)N(Cc2ccc(NC(=O)c3cc(F)cc(F)c3)cc2)C2CCC(N)CC2)cc1. The Hall–Kier alpha value is -4.09. The van der Waals surface area contributed by atoms with Crippen molar-refractivity contribution >= 4 is 17.5 Å². The number of nitriles is 1. The highest BCUT2D eigenvalue weighted by Gasteiger charge is 2.28. The molecule has 0 aromatic heterocycles. The number of amides is 2. The minimum Gasteiger partial charge on any atom is -0.331 e. The fourth-order valence-corrected chi connectivity index (χ4v) is 4.41. The summed E-state index contributed by atoms with van der Waals surface area (Å²) in [6.45, 7) is 0.363. The van der Waals surface area contributed by atoms with E-state index in [0.717, 1.165) is 43.4 Å². The van der Waals surface area contributed by atoms with Crippen molar-refractivity contribution in [2.75, 3.05) is 5.32 Å². The smallest absolute Gasteiger partial charge is 0.255 e. The van der Waals surface area contributed by atoms with Crippen molar-refractivity contribution in [3.63, 3.8) is 0 Å². The lowest BCUT2D eigenvalue weighted by Crippen LogP contribution is -2.43. The third kappa shape index (κ3) is 6.12. The number of nitrogens with one attached hydrogen (secondary N) is 1. The van der Waals surface area contributed by atoms with E-state index in [4.69, 9.17) is 11.0 Å². The molecule has 1 aliphatic carbocycles. The Kier molecular flexibility index (Phi) is 7.71. The monoisotopic (exact) mass is 488 g/mol. The summed E-state index contributed by atoms with van der Waals surface area (Å²) in [6.07, 6.45) is 3.30. The Balaban J connectivity index is 1.49. The maximum atomic E-state index is 13.4.